The van der Waals surface area contributed by atoms with Gasteiger partial charge in [-0.3, -0.25) is 4.90 Å². The molecule has 1 heterocycles. The van der Waals surface area contributed by atoms with Crippen LogP contribution in [0.25, 0.3) is 0 Å². The Labute approximate surface area is 126 Å². The summed E-state index contributed by atoms with van der Waals surface area (Å²) >= 11 is 2.04. The van der Waals surface area contributed by atoms with Gasteiger partial charge in [0.2, 0.25) is 0 Å². The molecule has 20 heavy (non-hydrogen) atoms. The lowest BCUT2D eigenvalue weighted by molar-refractivity contribution is 0.191. The van der Waals surface area contributed by atoms with Crippen LogP contribution in [-0.2, 0) is 0 Å². The maximum absolute atomic E-state index is 6.04. The number of hydrogen-bond donors (Lipinski definition) is 1. The molecule has 0 saturated carbocycles. The van der Waals surface area contributed by atoms with Gasteiger partial charge in [0.25, 0.3) is 0 Å². The molecule has 1 aliphatic heterocycles. The van der Waals surface area contributed by atoms with Crippen LogP contribution < -0.4 is 10.5 Å². The zero-order valence-electron chi connectivity index (χ0n) is 12.7. The second-order valence-electron chi connectivity index (χ2n) is 5.67. The van der Waals surface area contributed by atoms with E-state index in [0.29, 0.717) is 12.6 Å². The highest BCUT2D eigenvalue weighted by molar-refractivity contribution is 7.99. The first-order valence-corrected chi connectivity index (χ1v) is 8.53. The average molecular weight is 294 g/mol. The van der Waals surface area contributed by atoms with Gasteiger partial charge in [0.15, 0.2) is 0 Å². The van der Waals surface area contributed by atoms with Gasteiger partial charge in [0, 0.05) is 24.4 Å². The predicted octanol–water partition coefficient (Wildman–Crippen LogP) is 2.91. The van der Waals surface area contributed by atoms with Crippen molar-refractivity contribution in [1.82, 2.24) is 4.90 Å². The van der Waals surface area contributed by atoms with Gasteiger partial charge in [-0.1, -0.05) is 12.1 Å². The van der Waals surface area contributed by atoms with Gasteiger partial charge in [0.1, 0.15) is 5.75 Å². The molecule has 1 aromatic rings. The lowest BCUT2D eigenvalue weighted by Crippen LogP contribution is -2.38. The van der Waals surface area contributed by atoms with Crippen LogP contribution in [0.5, 0.6) is 5.75 Å². The fourth-order valence-corrected chi connectivity index (χ4v) is 3.98. The Hall–Kier alpha value is -0.710. The summed E-state index contributed by atoms with van der Waals surface area (Å²) in [5.41, 5.74) is 7.29. The zero-order chi connectivity index (χ0) is 14.5. The molecule has 0 aromatic heterocycles. The molecular formula is C16H26N2OS. The minimum Gasteiger partial charge on any atom is -0.491 e. The topological polar surface area (TPSA) is 38.5 Å². The van der Waals surface area contributed by atoms with Crippen LogP contribution in [0, 0.1) is 0 Å². The fraction of sp³-hybridized carbons (Fsp3) is 0.625. The maximum Gasteiger partial charge on any atom is 0.120 e. The molecule has 112 valence electrons. The lowest BCUT2D eigenvalue weighted by Gasteiger charge is -2.32. The van der Waals surface area contributed by atoms with Crippen LogP contribution in [-0.4, -0.2) is 42.1 Å². The van der Waals surface area contributed by atoms with Crippen LogP contribution in [0.4, 0.5) is 0 Å². The molecule has 1 aliphatic rings. The van der Waals surface area contributed by atoms with E-state index in [1.807, 2.05) is 17.8 Å². The van der Waals surface area contributed by atoms with Crippen molar-refractivity contribution in [3.05, 3.63) is 29.8 Å². The Bertz CT molecular complexity index is 419. The van der Waals surface area contributed by atoms with E-state index < -0.39 is 0 Å². The van der Waals surface area contributed by atoms with Crippen molar-refractivity contribution in [3.8, 4) is 5.75 Å². The minimum atomic E-state index is 0.200. The normalized spacial score (nSPS) is 20.6. The summed E-state index contributed by atoms with van der Waals surface area (Å²) in [5.74, 6) is 3.42. The number of nitrogens with zero attached hydrogens (tertiary/aromatic N) is 1. The summed E-state index contributed by atoms with van der Waals surface area (Å²) in [6, 6.07) is 9.28. The summed E-state index contributed by atoms with van der Waals surface area (Å²) in [6.45, 7) is 4.74. The molecule has 2 unspecified atom stereocenters. The Kier molecular flexibility index (Phi) is 5.75. The van der Waals surface area contributed by atoms with Gasteiger partial charge < -0.3 is 10.5 Å². The molecule has 1 aromatic carbocycles. The van der Waals surface area contributed by atoms with Crippen molar-refractivity contribution < 1.29 is 4.74 Å². The number of ether oxygens (including phenoxy) is 1. The van der Waals surface area contributed by atoms with E-state index in [2.05, 4.69) is 44.0 Å². The molecule has 0 aliphatic carbocycles. The van der Waals surface area contributed by atoms with Crippen molar-refractivity contribution in [2.45, 2.75) is 38.5 Å². The van der Waals surface area contributed by atoms with E-state index in [9.17, 15) is 0 Å². The molecule has 0 amide bonds. The van der Waals surface area contributed by atoms with Gasteiger partial charge >= 0.3 is 0 Å². The van der Waals surface area contributed by atoms with Crippen molar-refractivity contribution >= 4 is 11.8 Å². The van der Waals surface area contributed by atoms with Crippen LogP contribution in [0.1, 0.15) is 31.9 Å². The number of rotatable bonds is 6. The van der Waals surface area contributed by atoms with E-state index in [-0.39, 0.29) is 12.1 Å². The van der Waals surface area contributed by atoms with Gasteiger partial charge in [-0.05, 0) is 50.8 Å². The summed E-state index contributed by atoms with van der Waals surface area (Å²) in [7, 11) is 2.20. The SMILES string of the molecule is CC(C)Oc1cccc(C(CN)N(C)C2CCSC2)c1. The summed E-state index contributed by atoms with van der Waals surface area (Å²) < 4.78 is 5.79. The average Bonchev–Trinajstić information content (AvgIpc) is 2.93. The highest BCUT2D eigenvalue weighted by Crippen LogP contribution is 2.29. The van der Waals surface area contributed by atoms with Crippen LogP contribution in [0.3, 0.4) is 0 Å². The molecule has 1 fully saturated rings. The lowest BCUT2D eigenvalue weighted by atomic mass is 10.0. The third-order valence-electron chi connectivity index (χ3n) is 3.81. The number of benzene rings is 1. The highest BCUT2D eigenvalue weighted by atomic mass is 32.2. The zero-order valence-corrected chi connectivity index (χ0v) is 13.5. The van der Waals surface area contributed by atoms with Crippen LogP contribution in [0.15, 0.2) is 24.3 Å². The summed E-state index contributed by atoms with van der Waals surface area (Å²) in [5, 5.41) is 0. The summed E-state index contributed by atoms with van der Waals surface area (Å²) in [6.07, 6.45) is 1.46. The second kappa shape index (κ2) is 7.34. The molecule has 3 nitrogen and oxygen atoms in total. The molecule has 2 rings (SSSR count). The molecule has 0 radical (unpaired) electrons. The molecule has 0 spiro atoms. The van der Waals surface area contributed by atoms with E-state index in [1.54, 1.807) is 0 Å². The number of nitrogens with two attached hydrogens (primary N) is 1. The molecule has 0 bridgehead atoms. The Morgan fingerprint density at radius 1 is 1.45 bits per heavy atom. The molecular weight excluding hydrogens is 268 g/mol. The first-order chi connectivity index (χ1) is 9.61. The fourth-order valence-electron chi connectivity index (χ4n) is 2.70. The summed E-state index contributed by atoms with van der Waals surface area (Å²) in [4.78, 5) is 2.44. The quantitative estimate of drug-likeness (QED) is 0.875. The van der Waals surface area contributed by atoms with Gasteiger partial charge in [-0.2, -0.15) is 11.8 Å². The van der Waals surface area contributed by atoms with Crippen molar-refractivity contribution in [2.24, 2.45) is 5.73 Å². The predicted molar refractivity (Wildman–Crippen MR) is 87.5 cm³/mol. The third kappa shape index (κ3) is 3.90. The first kappa shape index (κ1) is 15.7. The van der Waals surface area contributed by atoms with Gasteiger partial charge in [-0.25, -0.2) is 0 Å². The number of likely N-dealkylation sites (N-methyl/N-ethyl adjacent to an activating group) is 1. The first-order valence-electron chi connectivity index (χ1n) is 7.38. The smallest absolute Gasteiger partial charge is 0.120 e. The van der Waals surface area contributed by atoms with Crippen molar-refractivity contribution in [3.63, 3.8) is 0 Å². The highest BCUT2D eigenvalue weighted by Gasteiger charge is 2.26. The van der Waals surface area contributed by atoms with E-state index in [1.165, 1.54) is 23.5 Å². The van der Waals surface area contributed by atoms with Crippen molar-refractivity contribution in [1.29, 1.82) is 0 Å². The Morgan fingerprint density at radius 3 is 2.85 bits per heavy atom. The molecule has 2 N–H and O–H groups in total. The standard InChI is InChI=1S/C16H26N2OS/c1-12(2)19-15-6-4-5-13(9-15)16(10-17)18(3)14-7-8-20-11-14/h4-6,9,12,14,16H,7-8,10-11,17H2,1-3H3. The second-order valence-corrected chi connectivity index (χ2v) is 6.82. The van der Waals surface area contributed by atoms with E-state index in [4.69, 9.17) is 10.5 Å². The van der Waals surface area contributed by atoms with E-state index >= 15 is 0 Å². The monoisotopic (exact) mass is 294 g/mol. The Balaban J connectivity index is 2.13. The molecule has 2 atom stereocenters. The van der Waals surface area contributed by atoms with E-state index in [0.717, 1.165) is 5.75 Å². The number of thioether (sulfide) groups is 1. The number of hydrogen-bond acceptors (Lipinski definition) is 4. The van der Waals surface area contributed by atoms with Gasteiger partial charge in [0.05, 0.1) is 6.10 Å². The van der Waals surface area contributed by atoms with Crippen LogP contribution >= 0.6 is 11.8 Å². The minimum absolute atomic E-state index is 0.200. The third-order valence-corrected chi connectivity index (χ3v) is 4.96. The Morgan fingerprint density at radius 2 is 2.25 bits per heavy atom. The van der Waals surface area contributed by atoms with Crippen molar-refractivity contribution in [2.75, 3.05) is 25.1 Å². The largest absolute Gasteiger partial charge is 0.491 e. The van der Waals surface area contributed by atoms with Gasteiger partial charge in [-0.15, -0.1) is 0 Å². The molecule has 1 saturated heterocycles. The molecule has 4 heteroatoms. The maximum atomic E-state index is 6.04. The van der Waals surface area contributed by atoms with Crippen LogP contribution in [0.2, 0.25) is 0 Å².